The summed E-state index contributed by atoms with van der Waals surface area (Å²) in [5.74, 6) is 1.20. The maximum Gasteiger partial charge on any atom is 0.224 e. The highest BCUT2D eigenvalue weighted by molar-refractivity contribution is 5.85. The number of benzene rings is 1. The van der Waals surface area contributed by atoms with E-state index in [1.165, 1.54) is 5.56 Å². The van der Waals surface area contributed by atoms with Crippen molar-refractivity contribution < 1.29 is 9.53 Å². The molecule has 112 valence electrons. The normalized spacial score (nSPS) is 17.4. The van der Waals surface area contributed by atoms with Gasteiger partial charge in [0.1, 0.15) is 5.75 Å². The van der Waals surface area contributed by atoms with Crippen LogP contribution in [0.15, 0.2) is 24.3 Å². The van der Waals surface area contributed by atoms with Crippen molar-refractivity contribution in [2.45, 2.75) is 19.8 Å². The van der Waals surface area contributed by atoms with Crippen LogP contribution in [-0.2, 0) is 4.79 Å². The number of hydrogen-bond donors (Lipinski definition) is 2. The van der Waals surface area contributed by atoms with E-state index in [-0.39, 0.29) is 24.2 Å². The topological polar surface area (TPSA) is 50.4 Å². The largest absolute Gasteiger partial charge is 0.494 e. The van der Waals surface area contributed by atoms with Crippen LogP contribution >= 0.6 is 12.4 Å². The van der Waals surface area contributed by atoms with Crippen molar-refractivity contribution in [1.29, 1.82) is 0 Å². The van der Waals surface area contributed by atoms with Gasteiger partial charge >= 0.3 is 0 Å². The Labute approximate surface area is 126 Å². The summed E-state index contributed by atoms with van der Waals surface area (Å²) in [5.41, 5.74) is 1.23. The standard InChI is InChI=1S/C15H22N2O2.ClH/c1-12-3-5-14(6-4-12)19-10-2-8-17-15(18)13-7-9-16-11-13;/h3-6,13,16H,2,7-11H2,1H3,(H,17,18);1H. The molecule has 0 aliphatic carbocycles. The molecule has 0 spiro atoms. The Bertz CT molecular complexity index is 403. The molecular weight excluding hydrogens is 276 g/mol. The Kier molecular flexibility index (Phi) is 7.41. The monoisotopic (exact) mass is 298 g/mol. The Morgan fingerprint density at radius 1 is 1.40 bits per heavy atom. The number of carbonyl (C=O) groups excluding carboxylic acids is 1. The summed E-state index contributed by atoms with van der Waals surface area (Å²) in [4.78, 5) is 11.7. The van der Waals surface area contributed by atoms with Crippen LogP contribution in [0, 0.1) is 12.8 Å². The van der Waals surface area contributed by atoms with E-state index in [0.29, 0.717) is 13.2 Å². The van der Waals surface area contributed by atoms with Gasteiger partial charge in [-0.2, -0.15) is 0 Å². The van der Waals surface area contributed by atoms with E-state index in [2.05, 4.69) is 17.6 Å². The molecule has 2 rings (SSSR count). The summed E-state index contributed by atoms with van der Waals surface area (Å²) >= 11 is 0. The molecule has 1 aliphatic rings. The number of rotatable bonds is 6. The number of halogens is 1. The highest BCUT2D eigenvalue weighted by Gasteiger charge is 2.21. The Morgan fingerprint density at radius 3 is 2.80 bits per heavy atom. The molecule has 4 nitrogen and oxygen atoms in total. The number of hydrogen-bond acceptors (Lipinski definition) is 3. The molecule has 1 unspecified atom stereocenters. The maximum absolute atomic E-state index is 11.7. The van der Waals surface area contributed by atoms with Gasteiger partial charge in [0.2, 0.25) is 5.91 Å². The lowest BCUT2D eigenvalue weighted by molar-refractivity contribution is -0.124. The van der Waals surface area contributed by atoms with Crippen LogP contribution in [-0.4, -0.2) is 32.1 Å². The molecule has 1 heterocycles. The quantitative estimate of drug-likeness (QED) is 0.789. The Morgan fingerprint density at radius 2 is 2.15 bits per heavy atom. The average Bonchev–Trinajstić information content (AvgIpc) is 2.94. The van der Waals surface area contributed by atoms with Crippen molar-refractivity contribution >= 4 is 18.3 Å². The molecule has 0 saturated carbocycles. The molecule has 1 aliphatic heterocycles. The van der Waals surface area contributed by atoms with Crippen molar-refractivity contribution in [3.05, 3.63) is 29.8 Å². The van der Waals surface area contributed by atoms with Crippen LogP contribution in [0.5, 0.6) is 5.75 Å². The molecule has 20 heavy (non-hydrogen) atoms. The van der Waals surface area contributed by atoms with E-state index >= 15 is 0 Å². The lowest BCUT2D eigenvalue weighted by Gasteiger charge is -2.10. The minimum atomic E-state index is 0. The SMILES string of the molecule is Cc1ccc(OCCCNC(=O)C2CCNC2)cc1.Cl. The van der Waals surface area contributed by atoms with Crippen molar-refractivity contribution in [3.63, 3.8) is 0 Å². The molecular formula is C15H23ClN2O2. The van der Waals surface area contributed by atoms with Crippen molar-refractivity contribution in [3.8, 4) is 5.75 Å². The summed E-state index contributed by atoms with van der Waals surface area (Å²) in [6.07, 6.45) is 1.78. The third kappa shape index (κ3) is 5.39. The number of nitrogens with one attached hydrogen (secondary N) is 2. The van der Waals surface area contributed by atoms with Gasteiger partial charge in [0.25, 0.3) is 0 Å². The van der Waals surface area contributed by atoms with Gasteiger partial charge in [-0.15, -0.1) is 12.4 Å². The predicted molar refractivity (Wildman–Crippen MR) is 82.5 cm³/mol. The zero-order chi connectivity index (χ0) is 13.5. The van der Waals surface area contributed by atoms with E-state index in [9.17, 15) is 4.79 Å². The van der Waals surface area contributed by atoms with Gasteiger partial charge < -0.3 is 15.4 Å². The molecule has 5 heteroatoms. The third-order valence-corrected chi connectivity index (χ3v) is 3.34. The van der Waals surface area contributed by atoms with Crippen molar-refractivity contribution in [1.82, 2.24) is 10.6 Å². The first-order chi connectivity index (χ1) is 9.25. The fourth-order valence-electron chi connectivity index (χ4n) is 2.13. The summed E-state index contributed by atoms with van der Waals surface area (Å²) in [7, 11) is 0. The summed E-state index contributed by atoms with van der Waals surface area (Å²) < 4.78 is 5.60. The van der Waals surface area contributed by atoms with Crippen LogP contribution in [0.4, 0.5) is 0 Å². The van der Waals surface area contributed by atoms with Crippen LogP contribution in [0.25, 0.3) is 0 Å². The highest BCUT2D eigenvalue weighted by Crippen LogP contribution is 2.11. The first kappa shape index (κ1) is 16.8. The zero-order valence-electron chi connectivity index (χ0n) is 11.9. The van der Waals surface area contributed by atoms with Crippen LogP contribution in [0.1, 0.15) is 18.4 Å². The molecule has 1 aromatic rings. The van der Waals surface area contributed by atoms with E-state index in [4.69, 9.17) is 4.74 Å². The number of ether oxygens (including phenoxy) is 1. The van der Waals surface area contributed by atoms with Gasteiger partial charge in [0.05, 0.1) is 12.5 Å². The predicted octanol–water partition coefficient (Wildman–Crippen LogP) is 1.91. The minimum absolute atomic E-state index is 0. The molecule has 1 amide bonds. The van der Waals surface area contributed by atoms with Gasteiger partial charge in [-0.1, -0.05) is 17.7 Å². The van der Waals surface area contributed by atoms with Gasteiger partial charge in [0.15, 0.2) is 0 Å². The molecule has 1 fully saturated rings. The smallest absolute Gasteiger partial charge is 0.224 e. The molecule has 1 aromatic carbocycles. The van der Waals surface area contributed by atoms with E-state index in [1.807, 2.05) is 24.3 Å². The van der Waals surface area contributed by atoms with Crippen LogP contribution in [0.2, 0.25) is 0 Å². The fraction of sp³-hybridized carbons (Fsp3) is 0.533. The summed E-state index contributed by atoms with van der Waals surface area (Å²) in [6, 6.07) is 8.00. The summed E-state index contributed by atoms with van der Waals surface area (Å²) in [6.45, 7) is 5.13. The van der Waals surface area contributed by atoms with Gasteiger partial charge in [-0.3, -0.25) is 4.79 Å². The molecule has 1 atom stereocenters. The van der Waals surface area contributed by atoms with Gasteiger partial charge in [-0.05, 0) is 38.4 Å². The average molecular weight is 299 g/mol. The number of amides is 1. The molecule has 0 bridgehead atoms. The lowest BCUT2D eigenvalue weighted by atomic mass is 10.1. The van der Waals surface area contributed by atoms with Crippen molar-refractivity contribution in [2.24, 2.45) is 5.92 Å². The van der Waals surface area contributed by atoms with E-state index < -0.39 is 0 Å². The first-order valence-corrected chi connectivity index (χ1v) is 6.93. The molecule has 1 saturated heterocycles. The zero-order valence-corrected chi connectivity index (χ0v) is 12.7. The van der Waals surface area contributed by atoms with Crippen molar-refractivity contribution in [2.75, 3.05) is 26.2 Å². The lowest BCUT2D eigenvalue weighted by Crippen LogP contribution is -2.33. The Balaban J connectivity index is 0.00000200. The third-order valence-electron chi connectivity index (χ3n) is 3.34. The van der Waals surface area contributed by atoms with Crippen LogP contribution < -0.4 is 15.4 Å². The fourth-order valence-corrected chi connectivity index (χ4v) is 2.13. The minimum Gasteiger partial charge on any atom is -0.494 e. The Hall–Kier alpha value is -1.26. The second-order valence-electron chi connectivity index (χ2n) is 5.00. The second-order valence-corrected chi connectivity index (χ2v) is 5.00. The molecule has 2 N–H and O–H groups in total. The molecule has 0 radical (unpaired) electrons. The van der Waals surface area contributed by atoms with Gasteiger partial charge in [0, 0.05) is 13.1 Å². The summed E-state index contributed by atoms with van der Waals surface area (Å²) in [5, 5.41) is 6.16. The van der Waals surface area contributed by atoms with Gasteiger partial charge in [-0.25, -0.2) is 0 Å². The molecule has 0 aromatic heterocycles. The van der Waals surface area contributed by atoms with E-state index in [1.54, 1.807) is 0 Å². The van der Waals surface area contributed by atoms with E-state index in [0.717, 1.165) is 31.7 Å². The number of carbonyl (C=O) groups is 1. The highest BCUT2D eigenvalue weighted by atomic mass is 35.5. The van der Waals surface area contributed by atoms with Crippen LogP contribution in [0.3, 0.4) is 0 Å². The number of aryl methyl sites for hydroxylation is 1. The second kappa shape index (κ2) is 8.82. The first-order valence-electron chi connectivity index (χ1n) is 6.93. The maximum atomic E-state index is 11.7.